The number of carboxylic acids is 1. The summed E-state index contributed by atoms with van der Waals surface area (Å²) in [5.41, 5.74) is 1.00. The number of likely N-dealkylation sites (tertiary alicyclic amines) is 1. The Bertz CT molecular complexity index is 448. The van der Waals surface area contributed by atoms with Gasteiger partial charge in [-0.2, -0.15) is 0 Å². The van der Waals surface area contributed by atoms with Crippen LogP contribution in [-0.4, -0.2) is 34.0 Å². The Morgan fingerprint density at radius 2 is 2.25 bits per heavy atom. The average molecular weight is 276 g/mol. The van der Waals surface area contributed by atoms with Gasteiger partial charge in [0.1, 0.15) is 5.69 Å². The maximum atomic E-state index is 10.9. The topological polar surface area (TPSA) is 53.4 Å². The molecule has 1 saturated heterocycles. The lowest BCUT2D eigenvalue weighted by Gasteiger charge is -2.19. The Morgan fingerprint density at radius 1 is 1.40 bits per heavy atom. The summed E-state index contributed by atoms with van der Waals surface area (Å²) < 4.78 is 0. The van der Waals surface area contributed by atoms with Gasteiger partial charge in [-0.3, -0.25) is 4.90 Å². The van der Waals surface area contributed by atoms with Crippen LogP contribution in [0.15, 0.2) is 18.2 Å². The van der Waals surface area contributed by atoms with Crippen molar-refractivity contribution in [3.63, 3.8) is 0 Å². The molecule has 2 heterocycles. The first-order chi connectivity index (χ1) is 9.69. The fourth-order valence-electron chi connectivity index (χ4n) is 3.00. The molecule has 0 bridgehead atoms. The van der Waals surface area contributed by atoms with Crippen molar-refractivity contribution in [2.75, 3.05) is 13.1 Å². The maximum absolute atomic E-state index is 10.9. The smallest absolute Gasteiger partial charge is 0.354 e. The highest BCUT2D eigenvalue weighted by Gasteiger charge is 2.17. The zero-order valence-electron chi connectivity index (χ0n) is 12.2. The fraction of sp³-hybridized carbons (Fsp3) is 0.625. The average Bonchev–Trinajstić information content (AvgIpc) is 2.65. The second kappa shape index (κ2) is 7.39. The molecule has 4 nitrogen and oxygen atoms in total. The van der Waals surface area contributed by atoms with Gasteiger partial charge in [-0.15, -0.1) is 0 Å². The lowest BCUT2D eigenvalue weighted by atomic mass is 9.96. The highest BCUT2D eigenvalue weighted by molar-refractivity contribution is 5.85. The molecule has 0 spiro atoms. The molecule has 1 aromatic rings. The van der Waals surface area contributed by atoms with Crippen molar-refractivity contribution in [2.45, 2.75) is 45.6 Å². The molecule has 4 heteroatoms. The van der Waals surface area contributed by atoms with Gasteiger partial charge in [-0.05, 0) is 50.4 Å². The summed E-state index contributed by atoms with van der Waals surface area (Å²) in [5, 5.41) is 8.98. The third-order valence-corrected chi connectivity index (χ3v) is 4.05. The normalized spacial score (nSPS) is 20.6. The number of hydrogen-bond acceptors (Lipinski definition) is 3. The molecular weight excluding hydrogens is 252 g/mol. The minimum Gasteiger partial charge on any atom is -0.477 e. The van der Waals surface area contributed by atoms with Crippen molar-refractivity contribution >= 4 is 5.97 Å². The number of nitrogens with zero attached hydrogens (tertiary/aromatic N) is 2. The summed E-state index contributed by atoms with van der Waals surface area (Å²) in [6.07, 6.45) is 6.43. The first kappa shape index (κ1) is 15.0. The minimum atomic E-state index is -0.953. The molecule has 1 aliphatic rings. The van der Waals surface area contributed by atoms with Crippen LogP contribution in [0.3, 0.4) is 0 Å². The summed E-state index contributed by atoms with van der Waals surface area (Å²) in [5.74, 6) is -0.0889. The predicted octanol–water partition coefficient (Wildman–Crippen LogP) is 3.18. The summed E-state index contributed by atoms with van der Waals surface area (Å²) in [7, 11) is 0. The van der Waals surface area contributed by atoms with E-state index in [9.17, 15) is 4.79 Å². The predicted molar refractivity (Wildman–Crippen MR) is 78.7 cm³/mol. The summed E-state index contributed by atoms with van der Waals surface area (Å²) in [4.78, 5) is 17.6. The van der Waals surface area contributed by atoms with Crippen LogP contribution in [-0.2, 0) is 6.54 Å². The van der Waals surface area contributed by atoms with E-state index in [4.69, 9.17) is 5.11 Å². The zero-order valence-corrected chi connectivity index (χ0v) is 12.2. The van der Waals surface area contributed by atoms with Crippen molar-refractivity contribution in [1.82, 2.24) is 9.88 Å². The zero-order chi connectivity index (χ0) is 14.4. The minimum absolute atomic E-state index is 0.140. The Morgan fingerprint density at radius 3 is 3.00 bits per heavy atom. The van der Waals surface area contributed by atoms with Crippen LogP contribution in [0.1, 0.15) is 55.2 Å². The molecule has 2 rings (SSSR count). The molecule has 0 radical (unpaired) electrons. The quantitative estimate of drug-likeness (QED) is 0.897. The molecule has 1 N–H and O–H groups in total. The molecule has 0 aliphatic carbocycles. The lowest BCUT2D eigenvalue weighted by Crippen LogP contribution is -2.25. The Labute approximate surface area is 120 Å². The van der Waals surface area contributed by atoms with Gasteiger partial charge in [-0.1, -0.05) is 25.8 Å². The van der Waals surface area contributed by atoms with E-state index in [1.165, 1.54) is 32.1 Å². The van der Waals surface area contributed by atoms with Gasteiger partial charge in [0.25, 0.3) is 0 Å². The molecule has 1 aliphatic heterocycles. The highest BCUT2D eigenvalue weighted by atomic mass is 16.4. The third kappa shape index (κ3) is 4.30. The molecule has 0 saturated carbocycles. The standard InChI is InChI=1S/C16H24N2O2/c1-2-5-13-6-4-10-18(11-9-13)12-14-7-3-8-15(17-14)16(19)20/h3,7-8,13H,2,4-6,9-12H2,1H3,(H,19,20). The number of rotatable bonds is 5. The van der Waals surface area contributed by atoms with Gasteiger partial charge >= 0.3 is 5.97 Å². The van der Waals surface area contributed by atoms with E-state index in [2.05, 4.69) is 16.8 Å². The van der Waals surface area contributed by atoms with Crippen LogP contribution in [0.2, 0.25) is 0 Å². The van der Waals surface area contributed by atoms with E-state index < -0.39 is 5.97 Å². The molecule has 1 aromatic heterocycles. The second-order valence-electron chi connectivity index (χ2n) is 5.68. The monoisotopic (exact) mass is 276 g/mol. The number of carbonyl (C=O) groups is 1. The number of aromatic nitrogens is 1. The maximum Gasteiger partial charge on any atom is 0.354 e. The molecule has 110 valence electrons. The summed E-state index contributed by atoms with van der Waals surface area (Å²) >= 11 is 0. The lowest BCUT2D eigenvalue weighted by molar-refractivity contribution is 0.0690. The Kier molecular flexibility index (Phi) is 5.53. The van der Waals surface area contributed by atoms with Crippen LogP contribution in [0.25, 0.3) is 0 Å². The molecule has 1 fully saturated rings. The number of hydrogen-bond donors (Lipinski definition) is 1. The van der Waals surface area contributed by atoms with Crippen molar-refractivity contribution < 1.29 is 9.90 Å². The SMILES string of the molecule is CCCC1CCCN(Cc2cccc(C(=O)O)n2)CC1. The van der Waals surface area contributed by atoms with E-state index in [0.29, 0.717) is 0 Å². The number of pyridine rings is 1. The van der Waals surface area contributed by atoms with Gasteiger partial charge in [0, 0.05) is 6.54 Å². The van der Waals surface area contributed by atoms with E-state index in [1.54, 1.807) is 12.1 Å². The first-order valence-electron chi connectivity index (χ1n) is 7.60. The van der Waals surface area contributed by atoms with Crippen LogP contribution in [0.4, 0.5) is 0 Å². The molecule has 0 amide bonds. The van der Waals surface area contributed by atoms with Gasteiger partial charge in [-0.25, -0.2) is 9.78 Å². The molecule has 0 aromatic carbocycles. The Hall–Kier alpha value is -1.42. The summed E-state index contributed by atoms with van der Waals surface area (Å²) in [6.45, 7) is 5.22. The third-order valence-electron chi connectivity index (χ3n) is 4.05. The van der Waals surface area contributed by atoms with E-state index in [1.807, 2.05) is 6.07 Å². The van der Waals surface area contributed by atoms with Crippen molar-refractivity contribution in [3.8, 4) is 0 Å². The van der Waals surface area contributed by atoms with Gasteiger partial charge in [0.05, 0.1) is 5.69 Å². The van der Waals surface area contributed by atoms with Crippen molar-refractivity contribution in [1.29, 1.82) is 0 Å². The van der Waals surface area contributed by atoms with Crippen LogP contribution >= 0.6 is 0 Å². The number of carboxylic acid groups (broad SMARTS) is 1. The van der Waals surface area contributed by atoms with Crippen molar-refractivity contribution in [2.24, 2.45) is 5.92 Å². The highest BCUT2D eigenvalue weighted by Crippen LogP contribution is 2.22. The molecular formula is C16H24N2O2. The van der Waals surface area contributed by atoms with Crippen molar-refractivity contribution in [3.05, 3.63) is 29.6 Å². The van der Waals surface area contributed by atoms with Crippen LogP contribution in [0.5, 0.6) is 0 Å². The second-order valence-corrected chi connectivity index (χ2v) is 5.68. The van der Waals surface area contributed by atoms with Crippen LogP contribution < -0.4 is 0 Å². The van der Waals surface area contributed by atoms with E-state index in [0.717, 1.165) is 31.2 Å². The first-order valence-corrected chi connectivity index (χ1v) is 7.60. The molecule has 20 heavy (non-hydrogen) atoms. The Balaban J connectivity index is 1.93. The van der Waals surface area contributed by atoms with E-state index >= 15 is 0 Å². The largest absolute Gasteiger partial charge is 0.477 e. The van der Waals surface area contributed by atoms with Gasteiger partial charge in [0.15, 0.2) is 0 Å². The van der Waals surface area contributed by atoms with Gasteiger partial charge < -0.3 is 5.11 Å². The molecule has 1 unspecified atom stereocenters. The van der Waals surface area contributed by atoms with Crippen LogP contribution in [0, 0.1) is 5.92 Å². The van der Waals surface area contributed by atoms with Gasteiger partial charge in [0.2, 0.25) is 0 Å². The van der Waals surface area contributed by atoms with E-state index in [-0.39, 0.29) is 5.69 Å². The fourth-order valence-corrected chi connectivity index (χ4v) is 3.00. The summed E-state index contributed by atoms with van der Waals surface area (Å²) in [6, 6.07) is 5.25. The molecule has 1 atom stereocenters. The number of aromatic carboxylic acids is 1.